The van der Waals surface area contributed by atoms with Crippen molar-refractivity contribution in [3.63, 3.8) is 0 Å². The molecule has 1 aromatic heterocycles. The first-order chi connectivity index (χ1) is 11.8. The van der Waals surface area contributed by atoms with E-state index in [0.717, 1.165) is 37.9 Å². The molecule has 3 heterocycles. The number of aryl methyl sites for hydroxylation is 1. The van der Waals surface area contributed by atoms with Crippen molar-refractivity contribution in [2.24, 2.45) is 7.05 Å². The van der Waals surface area contributed by atoms with Crippen molar-refractivity contribution >= 4 is 11.8 Å². The third-order valence-electron chi connectivity index (χ3n) is 5.71. The number of nitrogens with zero attached hydrogens (tertiary/aromatic N) is 4. The van der Waals surface area contributed by atoms with Gasteiger partial charge in [-0.15, -0.1) is 0 Å². The van der Waals surface area contributed by atoms with Gasteiger partial charge < -0.3 is 9.80 Å². The molecule has 25 heavy (non-hydrogen) atoms. The van der Waals surface area contributed by atoms with Crippen LogP contribution in [-0.2, 0) is 11.8 Å². The highest BCUT2D eigenvalue weighted by atomic mass is 16.2. The lowest BCUT2D eigenvalue weighted by molar-refractivity contribution is -0.147. The van der Waals surface area contributed by atoms with E-state index in [1.165, 1.54) is 0 Å². The van der Waals surface area contributed by atoms with Gasteiger partial charge in [0.2, 0.25) is 5.91 Å². The van der Waals surface area contributed by atoms with E-state index in [0.29, 0.717) is 12.2 Å². The zero-order valence-electron chi connectivity index (χ0n) is 16.1. The average Bonchev–Trinajstić information content (AvgIpc) is 3.14. The van der Waals surface area contributed by atoms with Gasteiger partial charge in [-0.25, -0.2) is 0 Å². The molecule has 2 saturated heterocycles. The molecular weight excluding hydrogens is 316 g/mol. The Kier molecular flexibility index (Phi) is 4.64. The summed E-state index contributed by atoms with van der Waals surface area (Å²) in [6.45, 7) is 9.68. The smallest absolute Gasteiger partial charge is 0.273 e. The van der Waals surface area contributed by atoms with Crippen LogP contribution < -0.4 is 0 Å². The van der Waals surface area contributed by atoms with E-state index in [1.54, 1.807) is 4.68 Å². The predicted octanol–water partition coefficient (Wildman–Crippen LogP) is 2.55. The van der Waals surface area contributed by atoms with Gasteiger partial charge in [-0.1, -0.05) is 13.8 Å². The zero-order valence-corrected chi connectivity index (χ0v) is 16.1. The Labute approximate surface area is 150 Å². The number of carbonyl (C=O) groups is 2. The van der Waals surface area contributed by atoms with E-state index in [1.807, 2.05) is 36.8 Å². The molecule has 0 aromatic carbocycles. The van der Waals surface area contributed by atoms with Crippen LogP contribution in [0.5, 0.6) is 0 Å². The number of hydrogen-bond donors (Lipinski definition) is 0. The number of likely N-dealkylation sites (tertiary alicyclic amines) is 2. The van der Waals surface area contributed by atoms with Crippen molar-refractivity contribution in [1.29, 1.82) is 0 Å². The number of piperidine rings is 1. The molecule has 6 nitrogen and oxygen atoms in total. The first kappa shape index (κ1) is 18.0. The summed E-state index contributed by atoms with van der Waals surface area (Å²) < 4.78 is 1.66. The lowest BCUT2D eigenvalue weighted by Gasteiger charge is -2.45. The summed E-state index contributed by atoms with van der Waals surface area (Å²) >= 11 is 0. The standard InChI is InChI=1S/C19H30N4O2/c1-13(2)15-12-16(21(5)20-15)17(24)23-11-7-9-19(23)8-6-10-22(14(3)4)18(19)25/h12-14H,6-11H2,1-5H3. The molecule has 6 heteroatoms. The Morgan fingerprint density at radius 3 is 2.36 bits per heavy atom. The van der Waals surface area contributed by atoms with Crippen molar-refractivity contribution < 1.29 is 9.59 Å². The minimum atomic E-state index is -0.651. The molecule has 0 N–H and O–H groups in total. The van der Waals surface area contributed by atoms with Crippen LogP contribution in [-0.4, -0.2) is 56.1 Å². The van der Waals surface area contributed by atoms with Crippen LogP contribution in [0.15, 0.2) is 6.07 Å². The Bertz CT molecular complexity index is 679. The van der Waals surface area contributed by atoms with E-state index in [-0.39, 0.29) is 23.8 Å². The molecular formula is C19H30N4O2. The summed E-state index contributed by atoms with van der Waals surface area (Å²) in [6, 6.07) is 2.05. The van der Waals surface area contributed by atoms with Gasteiger partial charge in [0, 0.05) is 26.2 Å². The Morgan fingerprint density at radius 1 is 1.16 bits per heavy atom. The molecule has 0 bridgehead atoms. The van der Waals surface area contributed by atoms with Gasteiger partial charge in [0.15, 0.2) is 0 Å². The number of carbonyl (C=O) groups excluding carboxylic acids is 2. The van der Waals surface area contributed by atoms with E-state index in [2.05, 4.69) is 18.9 Å². The number of rotatable bonds is 3. The fourth-order valence-corrected chi connectivity index (χ4v) is 4.28. The van der Waals surface area contributed by atoms with Crippen LogP contribution in [0.4, 0.5) is 0 Å². The second-order valence-corrected chi connectivity index (χ2v) is 8.02. The summed E-state index contributed by atoms with van der Waals surface area (Å²) in [5.74, 6) is 0.345. The van der Waals surface area contributed by atoms with Gasteiger partial charge in [-0.05, 0) is 51.5 Å². The summed E-state index contributed by atoms with van der Waals surface area (Å²) in [7, 11) is 1.81. The van der Waals surface area contributed by atoms with Gasteiger partial charge in [0.1, 0.15) is 11.2 Å². The van der Waals surface area contributed by atoms with Gasteiger partial charge in [-0.2, -0.15) is 5.10 Å². The van der Waals surface area contributed by atoms with Crippen LogP contribution in [0.2, 0.25) is 0 Å². The lowest BCUT2D eigenvalue weighted by atomic mass is 9.84. The predicted molar refractivity (Wildman–Crippen MR) is 96.4 cm³/mol. The van der Waals surface area contributed by atoms with E-state index < -0.39 is 5.54 Å². The fourth-order valence-electron chi connectivity index (χ4n) is 4.28. The van der Waals surface area contributed by atoms with Gasteiger partial charge in [0.05, 0.1) is 5.69 Å². The summed E-state index contributed by atoms with van der Waals surface area (Å²) in [5.41, 5.74) is 0.847. The van der Waals surface area contributed by atoms with Crippen LogP contribution in [0.3, 0.4) is 0 Å². The molecule has 2 amide bonds. The summed E-state index contributed by atoms with van der Waals surface area (Å²) in [5, 5.41) is 4.47. The van der Waals surface area contributed by atoms with E-state index in [9.17, 15) is 9.59 Å². The van der Waals surface area contributed by atoms with Crippen LogP contribution in [0, 0.1) is 0 Å². The number of aromatic nitrogens is 2. The first-order valence-corrected chi connectivity index (χ1v) is 9.45. The topological polar surface area (TPSA) is 58.4 Å². The summed E-state index contributed by atoms with van der Waals surface area (Å²) in [4.78, 5) is 30.3. The lowest BCUT2D eigenvalue weighted by Crippen LogP contribution is -2.62. The van der Waals surface area contributed by atoms with E-state index in [4.69, 9.17) is 0 Å². The van der Waals surface area contributed by atoms with Crippen molar-refractivity contribution in [2.75, 3.05) is 13.1 Å². The van der Waals surface area contributed by atoms with Gasteiger partial charge in [0.25, 0.3) is 5.91 Å². The molecule has 0 saturated carbocycles. The second-order valence-electron chi connectivity index (χ2n) is 8.02. The maximum Gasteiger partial charge on any atom is 0.273 e. The minimum absolute atomic E-state index is 0.0571. The van der Waals surface area contributed by atoms with Crippen molar-refractivity contribution in [2.45, 2.75) is 70.9 Å². The van der Waals surface area contributed by atoms with Gasteiger partial charge in [-0.3, -0.25) is 14.3 Å². The normalized spacial score (nSPS) is 24.2. The molecule has 138 valence electrons. The number of amides is 2. The third-order valence-corrected chi connectivity index (χ3v) is 5.71. The van der Waals surface area contributed by atoms with Crippen LogP contribution in [0.25, 0.3) is 0 Å². The maximum atomic E-state index is 13.3. The maximum absolute atomic E-state index is 13.3. The minimum Gasteiger partial charge on any atom is -0.338 e. The van der Waals surface area contributed by atoms with Crippen molar-refractivity contribution in [1.82, 2.24) is 19.6 Å². The van der Waals surface area contributed by atoms with Gasteiger partial charge >= 0.3 is 0 Å². The molecule has 2 aliphatic rings. The highest BCUT2D eigenvalue weighted by Crippen LogP contribution is 2.39. The molecule has 2 fully saturated rings. The van der Waals surface area contributed by atoms with Crippen molar-refractivity contribution in [3.05, 3.63) is 17.5 Å². The molecule has 1 unspecified atom stereocenters. The first-order valence-electron chi connectivity index (χ1n) is 9.45. The van der Waals surface area contributed by atoms with Crippen LogP contribution in [0.1, 0.15) is 75.5 Å². The van der Waals surface area contributed by atoms with E-state index >= 15 is 0 Å². The monoisotopic (exact) mass is 346 g/mol. The highest BCUT2D eigenvalue weighted by molar-refractivity contribution is 5.99. The largest absolute Gasteiger partial charge is 0.338 e. The molecule has 0 aliphatic carbocycles. The number of hydrogen-bond acceptors (Lipinski definition) is 3. The SMILES string of the molecule is CC(C)c1cc(C(=O)N2CCCC23CCCN(C(C)C)C3=O)n(C)n1. The zero-order chi connectivity index (χ0) is 18.4. The fraction of sp³-hybridized carbons (Fsp3) is 0.737. The third kappa shape index (κ3) is 2.85. The molecule has 1 atom stereocenters. The highest BCUT2D eigenvalue weighted by Gasteiger charge is 2.53. The Balaban J connectivity index is 1.93. The molecule has 2 aliphatic heterocycles. The molecule has 3 rings (SSSR count). The van der Waals surface area contributed by atoms with Crippen molar-refractivity contribution in [3.8, 4) is 0 Å². The second kappa shape index (κ2) is 6.46. The summed E-state index contributed by atoms with van der Waals surface area (Å²) in [6.07, 6.45) is 3.39. The molecule has 1 aromatic rings. The van der Waals surface area contributed by atoms with Crippen LogP contribution >= 0.6 is 0 Å². The molecule has 0 radical (unpaired) electrons. The average molecular weight is 346 g/mol. The Hall–Kier alpha value is -1.85. The Morgan fingerprint density at radius 2 is 1.80 bits per heavy atom. The quantitative estimate of drug-likeness (QED) is 0.845. The molecule has 1 spiro atoms.